The zero-order valence-electron chi connectivity index (χ0n) is 17.3. The molecule has 0 aromatic heterocycles. The normalized spacial score (nSPS) is 16.5. The molecular formula is C21H26N2O6S. The van der Waals surface area contributed by atoms with Gasteiger partial charge in [0.15, 0.2) is 0 Å². The molecule has 9 heteroatoms. The molecule has 1 aliphatic rings. The van der Waals surface area contributed by atoms with E-state index in [0.29, 0.717) is 23.7 Å². The SMILES string of the molecule is COc1ccc(S(=O)(=O)N(C)C)cc1NC(=O)c1ccc(OCC2CCCO2)cc1. The molecule has 1 amide bonds. The molecule has 0 aliphatic carbocycles. The van der Waals surface area contributed by atoms with E-state index in [2.05, 4.69) is 5.32 Å². The molecule has 1 atom stereocenters. The predicted molar refractivity (Wildman–Crippen MR) is 113 cm³/mol. The van der Waals surface area contributed by atoms with E-state index in [9.17, 15) is 13.2 Å². The van der Waals surface area contributed by atoms with Crippen LogP contribution in [0.1, 0.15) is 23.2 Å². The minimum Gasteiger partial charge on any atom is -0.495 e. The number of nitrogens with one attached hydrogen (secondary N) is 1. The number of ether oxygens (including phenoxy) is 3. The Morgan fingerprint density at radius 1 is 1.20 bits per heavy atom. The van der Waals surface area contributed by atoms with E-state index in [0.717, 1.165) is 23.8 Å². The van der Waals surface area contributed by atoms with Gasteiger partial charge < -0.3 is 19.5 Å². The highest BCUT2D eigenvalue weighted by molar-refractivity contribution is 7.89. The highest BCUT2D eigenvalue weighted by atomic mass is 32.2. The topological polar surface area (TPSA) is 94.2 Å². The van der Waals surface area contributed by atoms with Gasteiger partial charge in [-0.1, -0.05) is 0 Å². The molecule has 0 saturated carbocycles. The molecule has 2 aromatic rings. The zero-order valence-corrected chi connectivity index (χ0v) is 18.1. The number of anilines is 1. The largest absolute Gasteiger partial charge is 0.495 e. The van der Waals surface area contributed by atoms with Gasteiger partial charge in [-0.05, 0) is 55.3 Å². The molecule has 1 saturated heterocycles. The molecular weight excluding hydrogens is 408 g/mol. The third-order valence-electron chi connectivity index (χ3n) is 4.77. The monoisotopic (exact) mass is 434 g/mol. The van der Waals surface area contributed by atoms with Crippen LogP contribution in [-0.2, 0) is 14.8 Å². The summed E-state index contributed by atoms with van der Waals surface area (Å²) < 4.78 is 42.4. The lowest BCUT2D eigenvalue weighted by atomic mass is 10.2. The van der Waals surface area contributed by atoms with Gasteiger partial charge in [0.2, 0.25) is 10.0 Å². The number of carbonyl (C=O) groups excluding carboxylic acids is 1. The summed E-state index contributed by atoms with van der Waals surface area (Å²) >= 11 is 0. The first-order valence-electron chi connectivity index (χ1n) is 9.57. The molecule has 1 heterocycles. The number of amides is 1. The highest BCUT2D eigenvalue weighted by Gasteiger charge is 2.20. The minimum absolute atomic E-state index is 0.0569. The van der Waals surface area contributed by atoms with E-state index in [-0.39, 0.29) is 16.7 Å². The smallest absolute Gasteiger partial charge is 0.255 e. The van der Waals surface area contributed by atoms with Gasteiger partial charge in [-0.25, -0.2) is 12.7 Å². The van der Waals surface area contributed by atoms with Gasteiger partial charge in [0.25, 0.3) is 5.91 Å². The zero-order chi connectivity index (χ0) is 21.7. The first-order chi connectivity index (χ1) is 14.3. The van der Waals surface area contributed by atoms with E-state index in [1.54, 1.807) is 24.3 Å². The Bertz CT molecular complexity index is 983. The molecule has 0 bridgehead atoms. The van der Waals surface area contributed by atoms with Crippen LogP contribution >= 0.6 is 0 Å². The standard InChI is InChI=1S/C21H26N2O6S/c1-23(2)30(25,26)18-10-11-20(27-3)19(13-18)22-21(24)15-6-8-16(9-7-15)29-14-17-5-4-12-28-17/h6-11,13,17H,4-5,12,14H2,1-3H3,(H,22,24). The van der Waals surface area contributed by atoms with Gasteiger partial charge in [-0.2, -0.15) is 0 Å². The highest BCUT2D eigenvalue weighted by Crippen LogP contribution is 2.29. The maximum atomic E-state index is 12.7. The van der Waals surface area contributed by atoms with Crippen LogP contribution in [-0.4, -0.2) is 59.2 Å². The molecule has 162 valence electrons. The maximum absolute atomic E-state index is 12.7. The van der Waals surface area contributed by atoms with E-state index in [1.165, 1.54) is 39.4 Å². The van der Waals surface area contributed by atoms with E-state index < -0.39 is 15.9 Å². The number of nitrogens with zero attached hydrogens (tertiary/aromatic N) is 1. The van der Waals surface area contributed by atoms with Crippen LogP contribution in [0.15, 0.2) is 47.4 Å². The number of methoxy groups -OCH3 is 1. The van der Waals surface area contributed by atoms with Crippen LogP contribution < -0.4 is 14.8 Å². The summed E-state index contributed by atoms with van der Waals surface area (Å²) in [5.41, 5.74) is 0.673. The fraction of sp³-hybridized carbons (Fsp3) is 0.381. The second-order valence-electron chi connectivity index (χ2n) is 7.07. The molecule has 3 rings (SSSR count). The average molecular weight is 435 g/mol. The molecule has 1 unspecified atom stereocenters. The summed E-state index contributed by atoms with van der Waals surface area (Å²) in [7, 11) is 0.695. The summed E-state index contributed by atoms with van der Waals surface area (Å²) in [5, 5.41) is 2.72. The van der Waals surface area contributed by atoms with Crippen LogP contribution in [0.2, 0.25) is 0 Å². The second kappa shape index (κ2) is 9.46. The summed E-state index contributed by atoms with van der Waals surface area (Å²) in [4.78, 5) is 12.7. The van der Waals surface area contributed by atoms with Gasteiger partial charge in [-0.3, -0.25) is 4.79 Å². The van der Waals surface area contributed by atoms with Crippen molar-refractivity contribution in [2.75, 3.05) is 39.7 Å². The van der Waals surface area contributed by atoms with Gasteiger partial charge in [0, 0.05) is 26.3 Å². The molecule has 1 fully saturated rings. The molecule has 2 aromatic carbocycles. The quantitative estimate of drug-likeness (QED) is 0.687. The number of rotatable bonds is 8. The maximum Gasteiger partial charge on any atom is 0.255 e. The number of carbonyl (C=O) groups is 1. The van der Waals surface area contributed by atoms with E-state index in [4.69, 9.17) is 14.2 Å². The van der Waals surface area contributed by atoms with Crippen molar-refractivity contribution in [3.05, 3.63) is 48.0 Å². The fourth-order valence-corrected chi connectivity index (χ4v) is 3.95. The van der Waals surface area contributed by atoms with Crippen molar-refractivity contribution in [2.45, 2.75) is 23.8 Å². The third kappa shape index (κ3) is 5.10. The van der Waals surface area contributed by atoms with Gasteiger partial charge in [-0.15, -0.1) is 0 Å². The van der Waals surface area contributed by atoms with Crippen LogP contribution in [0.4, 0.5) is 5.69 Å². The van der Waals surface area contributed by atoms with Gasteiger partial charge in [0.05, 0.1) is 23.8 Å². The Hall–Kier alpha value is -2.62. The molecule has 1 N–H and O–H groups in total. The van der Waals surface area contributed by atoms with Gasteiger partial charge >= 0.3 is 0 Å². The van der Waals surface area contributed by atoms with Crippen LogP contribution in [0.25, 0.3) is 0 Å². The second-order valence-corrected chi connectivity index (χ2v) is 9.23. The van der Waals surface area contributed by atoms with Crippen LogP contribution in [0.3, 0.4) is 0 Å². The van der Waals surface area contributed by atoms with E-state index in [1.807, 2.05) is 0 Å². The summed E-state index contributed by atoms with van der Waals surface area (Å²) in [6.07, 6.45) is 2.16. The molecule has 0 spiro atoms. The molecule has 0 radical (unpaired) electrons. The van der Waals surface area contributed by atoms with Crippen molar-refractivity contribution in [1.29, 1.82) is 0 Å². The van der Waals surface area contributed by atoms with Crippen molar-refractivity contribution in [2.24, 2.45) is 0 Å². The van der Waals surface area contributed by atoms with Crippen molar-refractivity contribution in [1.82, 2.24) is 4.31 Å². The Morgan fingerprint density at radius 3 is 2.53 bits per heavy atom. The predicted octanol–water partition coefficient (Wildman–Crippen LogP) is 2.76. The average Bonchev–Trinajstić information content (AvgIpc) is 3.26. The van der Waals surface area contributed by atoms with Gasteiger partial charge in [0.1, 0.15) is 18.1 Å². The Balaban J connectivity index is 1.71. The van der Waals surface area contributed by atoms with Crippen molar-refractivity contribution >= 4 is 21.6 Å². The molecule has 8 nitrogen and oxygen atoms in total. The van der Waals surface area contributed by atoms with Crippen molar-refractivity contribution in [3.8, 4) is 11.5 Å². The molecule has 30 heavy (non-hydrogen) atoms. The minimum atomic E-state index is -3.64. The first kappa shape index (κ1) is 22.1. The Morgan fingerprint density at radius 2 is 1.93 bits per heavy atom. The van der Waals surface area contributed by atoms with Crippen molar-refractivity contribution < 1.29 is 27.4 Å². The summed E-state index contributed by atoms with van der Waals surface area (Å²) in [6, 6.07) is 11.0. The number of benzene rings is 2. The Kier molecular flexibility index (Phi) is 6.96. The number of hydrogen-bond acceptors (Lipinski definition) is 6. The molecule has 1 aliphatic heterocycles. The van der Waals surface area contributed by atoms with Crippen molar-refractivity contribution in [3.63, 3.8) is 0 Å². The Labute approximate surface area is 176 Å². The lowest BCUT2D eigenvalue weighted by molar-refractivity contribution is 0.0679. The first-order valence-corrected chi connectivity index (χ1v) is 11.0. The van der Waals surface area contributed by atoms with Crippen LogP contribution in [0, 0.1) is 0 Å². The van der Waals surface area contributed by atoms with Crippen LogP contribution in [0.5, 0.6) is 11.5 Å². The summed E-state index contributed by atoms with van der Waals surface area (Å²) in [6.45, 7) is 1.25. The lowest BCUT2D eigenvalue weighted by Gasteiger charge is -2.15. The van der Waals surface area contributed by atoms with E-state index >= 15 is 0 Å². The number of sulfonamides is 1. The lowest BCUT2D eigenvalue weighted by Crippen LogP contribution is -2.22. The third-order valence-corrected chi connectivity index (χ3v) is 6.59. The number of hydrogen-bond donors (Lipinski definition) is 1. The fourth-order valence-electron chi connectivity index (χ4n) is 3.02. The summed E-state index contributed by atoms with van der Waals surface area (Å²) in [5.74, 6) is 0.620.